The monoisotopic (exact) mass is 389 g/mol. The van der Waals surface area contributed by atoms with Gasteiger partial charge in [0.25, 0.3) is 11.8 Å². The van der Waals surface area contributed by atoms with E-state index in [2.05, 4.69) is 0 Å². The van der Waals surface area contributed by atoms with Crippen molar-refractivity contribution in [3.8, 4) is 5.75 Å². The van der Waals surface area contributed by atoms with Crippen LogP contribution < -0.4 is 9.64 Å². The summed E-state index contributed by atoms with van der Waals surface area (Å²) in [5.41, 5.74) is 1.21. The lowest BCUT2D eigenvalue weighted by Crippen LogP contribution is -2.31. The van der Waals surface area contributed by atoms with Gasteiger partial charge in [0.2, 0.25) is 0 Å². The highest BCUT2D eigenvalue weighted by molar-refractivity contribution is 8.04. The third-order valence-electron chi connectivity index (χ3n) is 3.82. The van der Waals surface area contributed by atoms with Crippen molar-refractivity contribution in [2.45, 2.75) is 0 Å². The number of amides is 2. The van der Waals surface area contributed by atoms with Gasteiger partial charge in [-0.1, -0.05) is 35.9 Å². The van der Waals surface area contributed by atoms with Crippen LogP contribution in [-0.2, 0) is 9.59 Å². The summed E-state index contributed by atoms with van der Waals surface area (Å²) < 4.78 is 5.36. The molecule has 0 bridgehead atoms. The van der Waals surface area contributed by atoms with Crippen LogP contribution in [0.1, 0.15) is 5.56 Å². The molecule has 0 atom stereocenters. The van der Waals surface area contributed by atoms with E-state index < -0.39 is 11.8 Å². The zero-order chi connectivity index (χ0) is 18.7. The minimum absolute atomic E-state index is 0.105. The van der Waals surface area contributed by atoms with Crippen molar-refractivity contribution in [3.63, 3.8) is 0 Å². The molecule has 0 aromatic heterocycles. The van der Waals surface area contributed by atoms with Crippen LogP contribution in [0.4, 0.5) is 5.69 Å². The number of ether oxygens (including phenoxy) is 1. The average molecular weight is 390 g/mol. The molecular formula is C19H16ClNO4S. The van der Waals surface area contributed by atoms with Gasteiger partial charge in [-0.2, -0.15) is 0 Å². The van der Waals surface area contributed by atoms with Crippen LogP contribution in [0.25, 0.3) is 5.57 Å². The molecule has 0 spiro atoms. The number of para-hydroxylation sites is 1. The number of imide groups is 1. The third kappa shape index (κ3) is 3.35. The van der Waals surface area contributed by atoms with Crippen LogP contribution in [0.15, 0.2) is 53.4 Å². The second kappa shape index (κ2) is 7.95. The molecule has 0 saturated heterocycles. The summed E-state index contributed by atoms with van der Waals surface area (Å²) in [4.78, 5) is 27.5. The van der Waals surface area contributed by atoms with E-state index in [4.69, 9.17) is 21.4 Å². The van der Waals surface area contributed by atoms with Crippen molar-refractivity contribution in [2.24, 2.45) is 0 Å². The van der Waals surface area contributed by atoms with Crippen LogP contribution in [0.2, 0.25) is 5.02 Å². The van der Waals surface area contributed by atoms with E-state index in [0.717, 1.165) is 16.7 Å². The highest BCUT2D eigenvalue weighted by Crippen LogP contribution is 2.41. The van der Waals surface area contributed by atoms with Crippen molar-refractivity contribution < 1.29 is 19.4 Å². The lowest BCUT2D eigenvalue weighted by molar-refractivity contribution is -0.119. The average Bonchev–Trinajstić information content (AvgIpc) is 2.89. The molecule has 0 aliphatic carbocycles. The Labute approximate surface area is 160 Å². The summed E-state index contributed by atoms with van der Waals surface area (Å²) in [6.45, 7) is -0.105. The number of carbonyl (C=O) groups is 2. The fraction of sp³-hybridized carbons (Fsp3) is 0.158. The largest absolute Gasteiger partial charge is 0.496 e. The van der Waals surface area contributed by atoms with Crippen LogP contribution in [-0.4, -0.2) is 36.4 Å². The molecule has 1 aliphatic heterocycles. The van der Waals surface area contributed by atoms with E-state index in [-0.39, 0.29) is 17.1 Å². The van der Waals surface area contributed by atoms with Crippen molar-refractivity contribution >= 4 is 46.4 Å². The van der Waals surface area contributed by atoms with Crippen molar-refractivity contribution in [1.29, 1.82) is 0 Å². The Bertz CT molecular complexity index is 897. The maximum Gasteiger partial charge on any atom is 0.272 e. The molecule has 2 aromatic rings. The number of methoxy groups -OCH3 is 1. The van der Waals surface area contributed by atoms with Crippen molar-refractivity contribution in [2.75, 3.05) is 24.4 Å². The summed E-state index contributed by atoms with van der Waals surface area (Å²) in [6, 6.07) is 13.6. The van der Waals surface area contributed by atoms with E-state index >= 15 is 0 Å². The molecule has 1 N–H and O–H groups in total. The van der Waals surface area contributed by atoms with Gasteiger partial charge in [0.05, 0.1) is 29.9 Å². The van der Waals surface area contributed by atoms with E-state index in [0.29, 0.717) is 27.8 Å². The first kappa shape index (κ1) is 18.5. The van der Waals surface area contributed by atoms with Gasteiger partial charge in [0.15, 0.2) is 0 Å². The topological polar surface area (TPSA) is 66.8 Å². The smallest absolute Gasteiger partial charge is 0.272 e. The number of rotatable bonds is 6. The zero-order valence-corrected chi connectivity index (χ0v) is 15.5. The molecule has 26 heavy (non-hydrogen) atoms. The molecule has 7 heteroatoms. The summed E-state index contributed by atoms with van der Waals surface area (Å²) in [6.07, 6.45) is 0. The number of thioether (sulfide) groups is 1. The van der Waals surface area contributed by atoms with Crippen LogP contribution >= 0.6 is 23.4 Å². The number of halogens is 1. The molecule has 0 fully saturated rings. The fourth-order valence-electron chi connectivity index (χ4n) is 2.73. The fourth-order valence-corrected chi connectivity index (χ4v) is 3.77. The predicted molar refractivity (Wildman–Crippen MR) is 103 cm³/mol. The van der Waals surface area contributed by atoms with Crippen molar-refractivity contribution in [1.82, 2.24) is 0 Å². The molecule has 2 amide bonds. The molecule has 5 nitrogen and oxygen atoms in total. The highest BCUT2D eigenvalue weighted by Gasteiger charge is 2.41. The first-order valence-electron chi connectivity index (χ1n) is 7.84. The molecular weight excluding hydrogens is 374 g/mol. The Morgan fingerprint density at radius 1 is 1.12 bits per heavy atom. The first-order valence-corrected chi connectivity index (χ1v) is 9.20. The minimum Gasteiger partial charge on any atom is -0.496 e. The number of hydrogen-bond acceptors (Lipinski definition) is 5. The van der Waals surface area contributed by atoms with Crippen LogP contribution in [0.3, 0.4) is 0 Å². The number of benzene rings is 2. The van der Waals surface area contributed by atoms with E-state index in [9.17, 15) is 9.59 Å². The lowest BCUT2D eigenvalue weighted by atomic mass is 10.0. The van der Waals surface area contributed by atoms with Gasteiger partial charge in [-0.05, 0) is 24.3 Å². The normalized spacial score (nSPS) is 14.3. The molecule has 0 saturated carbocycles. The van der Waals surface area contributed by atoms with E-state index in [1.165, 1.54) is 7.11 Å². The van der Waals surface area contributed by atoms with Crippen LogP contribution in [0, 0.1) is 0 Å². The molecule has 1 aliphatic rings. The number of anilines is 1. The maximum atomic E-state index is 13.1. The first-order chi connectivity index (χ1) is 12.6. The number of nitrogens with zero attached hydrogens (tertiary/aromatic N) is 1. The SMILES string of the molecule is COc1ccccc1C1=C(SCCO)C(=O)N(c2cccc(Cl)c2)C1=O. The Morgan fingerprint density at radius 2 is 1.88 bits per heavy atom. The minimum atomic E-state index is -0.442. The Kier molecular flexibility index (Phi) is 5.66. The number of carbonyl (C=O) groups excluding carboxylic acids is 2. The zero-order valence-electron chi connectivity index (χ0n) is 13.9. The molecule has 2 aromatic carbocycles. The van der Waals surface area contributed by atoms with Gasteiger partial charge in [0, 0.05) is 16.3 Å². The maximum absolute atomic E-state index is 13.1. The molecule has 1 heterocycles. The number of hydrogen-bond donors (Lipinski definition) is 1. The van der Waals surface area contributed by atoms with E-state index in [1.54, 1.807) is 48.5 Å². The third-order valence-corrected chi connectivity index (χ3v) is 5.11. The summed E-state index contributed by atoms with van der Waals surface area (Å²) in [7, 11) is 1.51. The molecule has 0 unspecified atom stereocenters. The predicted octanol–water partition coefficient (Wildman–Crippen LogP) is 3.36. The van der Waals surface area contributed by atoms with Crippen LogP contribution in [0.5, 0.6) is 5.75 Å². The van der Waals surface area contributed by atoms with Crippen molar-refractivity contribution in [3.05, 3.63) is 64.0 Å². The lowest BCUT2D eigenvalue weighted by Gasteiger charge is -2.15. The summed E-state index contributed by atoms with van der Waals surface area (Å²) >= 11 is 7.17. The van der Waals surface area contributed by atoms with Gasteiger partial charge >= 0.3 is 0 Å². The Balaban J connectivity index is 2.13. The summed E-state index contributed by atoms with van der Waals surface area (Å²) in [5, 5.41) is 9.59. The van der Waals surface area contributed by atoms with Gasteiger partial charge in [-0.25, -0.2) is 4.90 Å². The van der Waals surface area contributed by atoms with Gasteiger partial charge in [-0.15, -0.1) is 11.8 Å². The number of aliphatic hydroxyl groups is 1. The highest BCUT2D eigenvalue weighted by atomic mass is 35.5. The van der Waals surface area contributed by atoms with Gasteiger partial charge < -0.3 is 9.84 Å². The second-order valence-electron chi connectivity index (χ2n) is 5.40. The van der Waals surface area contributed by atoms with E-state index in [1.807, 2.05) is 0 Å². The quantitative estimate of drug-likeness (QED) is 0.767. The molecule has 3 rings (SSSR count). The molecule has 134 valence electrons. The second-order valence-corrected chi connectivity index (χ2v) is 6.94. The molecule has 0 radical (unpaired) electrons. The standard InChI is InChI=1S/C19H16ClNO4S/c1-25-15-8-3-2-7-14(15)16-17(26-10-9-22)19(24)21(18(16)23)13-6-4-5-12(20)11-13/h2-8,11,22H,9-10H2,1H3. The van der Waals surface area contributed by atoms with Gasteiger partial charge in [-0.3, -0.25) is 9.59 Å². The van der Waals surface area contributed by atoms with Gasteiger partial charge in [0.1, 0.15) is 5.75 Å². The Hall–Kier alpha value is -2.28. The number of aliphatic hydroxyl groups excluding tert-OH is 1. The summed E-state index contributed by atoms with van der Waals surface area (Å²) in [5.74, 6) is -0.0753. The Morgan fingerprint density at radius 3 is 2.58 bits per heavy atom.